The average Bonchev–Trinajstić information content (AvgIpc) is 3.24. The highest BCUT2D eigenvalue weighted by molar-refractivity contribution is 6.31. The summed E-state index contributed by atoms with van der Waals surface area (Å²) in [5, 5.41) is 22.4. The highest BCUT2D eigenvalue weighted by Gasteiger charge is 2.50. The average molecular weight is 598 g/mol. The molecule has 2 N–H and O–H groups in total. The number of alkyl halides is 2. The number of anilines is 2. The van der Waals surface area contributed by atoms with Crippen molar-refractivity contribution in [1.82, 2.24) is 10.3 Å². The van der Waals surface area contributed by atoms with Crippen LogP contribution in [0.15, 0.2) is 66.9 Å². The van der Waals surface area contributed by atoms with Crippen LogP contribution in [0.2, 0.25) is 5.02 Å². The lowest BCUT2D eigenvalue weighted by molar-refractivity contribution is -0.133. The van der Waals surface area contributed by atoms with Gasteiger partial charge in [0.05, 0.1) is 11.6 Å². The molecule has 1 aliphatic heterocycles. The van der Waals surface area contributed by atoms with Gasteiger partial charge in [-0.15, -0.1) is 0 Å². The molecule has 2 aliphatic rings. The van der Waals surface area contributed by atoms with Crippen LogP contribution in [0.4, 0.5) is 24.7 Å². The van der Waals surface area contributed by atoms with Crippen LogP contribution in [0.1, 0.15) is 36.4 Å². The van der Waals surface area contributed by atoms with Gasteiger partial charge in [-0.3, -0.25) is 24.2 Å². The van der Waals surface area contributed by atoms with E-state index in [9.17, 15) is 37.9 Å². The molecule has 216 valence electrons. The number of nitrogens with zero attached hydrogens (tertiary/aromatic N) is 4. The Labute approximate surface area is 243 Å². The number of aliphatic hydroxyl groups is 1. The largest absolute Gasteiger partial charge is 0.383 e. The third-order valence-corrected chi connectivity index (χ3v) is 7.50. The van der Waals surface area contributed by atoms with Gasteiger partial charge in [0.15, 0.2) is 0 Å². The summed E-state index contributed by atoms with van der Waals surface area (Å²) in [6.07, 6.45) is -1.97. The van der Waals surface area contributed by atoms with E-state index in [0.717, 1.165) is 21.9 Å². The summed E-state index contributed by atoms with van der Waals surface area (Å²) in [6.45, 7) is 0. The molecule has 1 saturated carbocycles. The molecule has 42 heavy (non-hydrogen) atoms. The molecule has 2 heterocycles. The highest BCUT2D eigenvalue weighted by Crippen LogP contribution is 2.40. The summed E-state index contributed by atoms with van der Waals surface area (Å²) < 4.78 is 41.7. The van der Waals surface area contributed by atoms with E-state index in [4.69, 9.17) is 11.6 Å². The third-order valence-electron chi connectivity index (χ3n) is 7.15. The van der Waals surface area contributed by atoms with Gasteiger partial charge in [-0.1, -0.05) is 35.9 Å². The third kappa shape index (κ3) is 5.66. The molecule has 0 radical (unpaired) electrons. The summed E-state index contributed by atoms with van der Waals surface area (Å²) in [6, 6.07) is 11.5. The van der Waals surface area contributed by atoms with Gasteiger partial charge in [0.25, 0.3) is 17.7 Å². The first kappa shape index (κ1) is 29.0. The minimum atomic E-state index is -2.94. The predicted octanol–water partition coefficient (Wildman–Crippen LogP) is 3.90. The molecule has 1 saturated heterocycles. The van der Waals surface area contributed by atoms with E-state index in [-0.39, 0.29) is 27.7 Å². The van der Waals surface area contributed by atoms with Crippen LogP contribution < -0.4 is 15.1 Å². The van der Waals surface area contributed by atoms with Crippen LogP contribution >= 0.6 is 11.6 Å². The lowest BCUT2D eigenvalue weighted by Crippen LogP contribution is -2.56. The van der Waals surface area contributed by atoms with Crippen LogP contribution in [0, 0.1) is 17.1 Å². The Kier molecular flexibility index (Phi) is 7.90. The zero-order chi connectivity index (χ0) is 30.2. The summed E-state index contributed by atoms with van der Waals surface area (Å²) in [5.74, 6) is -6.42. The van der Waals surface area contributed by atoms with E-state index in [0.29, 0.717) is 0 Å². The molecule has 1 aromatic heterocycles. The van der Waals surface area contributed by atoms with Crippen molar-refractivity contribution in [3.05, 3.63) is 88.8 Å². The molecule has 5 rings (SSSR count). The Hall–Kier alpha value is -4.47. The number of hydrogen-bond acceptors (Lipinski definition) is 6. The second-order valence-corrected chi connectivity index (χ2v) is 10.5. The fraction of sp³-hybridized carbons (Fsp3) is 0.276. The summed E-state index contributed by atoms with van der Waals surface area (Å²) in [5.41, 5.74) is 0.154. The standard InChI is InChI=1S/C29H23ClF3N5O4/c30-21-7-2-1-6-20(21)25(26(40)36-18-13-29(32,33)14-18)37(19-5-3-4-17(31)11-19)27(41)22-12-23(39)28(42)38(22)24-10-16(15-34)8-9-35-24/h1-11,18,22-23,25,39H,12-14H2,(H,36,40)/t22-,23+,25-/m0/s1. The molecule has 3 amide bonds. The van der Waals surface area contributed by atoms with Crippen molar-refractivity contribution < 1.29 is 32.7 Å². The fourth-order valence-corrected chi connectivity index (χ4v) is 5.40. The molecule has 2 aromatic carbocycles. The number of hydrogen-bond donors (Lipinski definition) is 2. The second-order valence-electron chi connectivity index (χ2n) is 10.1. The number of aliphatic hydroxyl groups excluding tert-OH is 1. The van der Waals surface area contributed by atoms with Gasteiger partial charge in [0, 0.05) is 47.8 Å². The minimum Gasteiger partial charge on any atom is -0.383 e. The van der Waals surface area contributed by atoms with E-state index in [1.165, 1.54) is 42.6 Å². The second kappa shape index (κ2) is 11.4. The molecule has 9 nitrogen and oxygen atoms in total. The lowest BCUT2D eigenvalue weighted by Gasteiger charge is -2.39. The van der Waals surface area contributed by atoms with Crippen LogP contribution in [-0.4, -0.2) is 51.9 Å². The first-order valence-electron chi connectivity index (χ1n) is 12.9. The van der Waals surface area contributed by atoms with E-state index in [1.54, 1.807) is 12.1 Å². The molecule has 3 atom stereocenters. The maximum Gasteiger partial charge on any atom is 0.257 e. The van der Waals surface area contributed by atoms with Crippen LogP contribution in [0.25, 0.3) is 0 Å². The van der Waals surface area contributed by atoms with Gasteiger partial charge in [-0.25, -0.2) is 18.2 Å². The summed E-state index contributed by atoms with van der Waals surface area (Å²) in [7, 11) is 0. The van der Waals surface area contributed by atoms with Crippen molar-refractivity contribution in [2.45, 2.75) is 49.4 Å². The monoisotopic (exact) mass is 597 g/mol. The smallest absolute Gasteiger partial charge is 0.257 e. The number of pyridine rings is 1. The number of aromatic nitrogens is 1. The SMILES string of the molecule is N#Cc1ccnc(N2C(=O)[C@H](O)C[C@H]2C(=O)N(c2cccc(F)c2)[C@H](C(=O)NC2CC(F)(F)C2)c2ccccc2Cl)c1. The van der Waals surface area contributed by atoms with Crippen molar-refractivity contribution in [3.63, 3.8) is 0 Å². The summed E-state index contributed by atoms with van der Waals surface area (Å²) >= 11 is 6.47. The molecular weight excluding hydrogens is 575 g/mol. The van der Waals surface area contributed by atoms with Crippen molar-refractivity contribution >= 4 is 40.8 Å². The molecular formula is C29H23ClF3N5O4. The van der Waals surface area contributed by atoms with Crippen molar-refractivity contribution in [2.75, 3.05) is 9.80 Å². The molecule has 0 bridgehead atoms. The molecule has 0 unspecified atom stereocenters. The van der Waals surface area contributed by atoms with E-state index in [2.05, 4.69) is 10.3 Å². The molecule has 2 fully saturated rings. The number of nitrogens with one attached hydrogen (secondary N) is 1. The maximum atomic E-state index is 14.5. The van der Waals surface area contributed by atoms with Crippen LogP contribution in [-0.2, 0) is 14.4 Å². The number of amides is 3. The van der Waals surface area contributed by atoms with E-state index < -0.39 is 73.0 Å². The molecule has 13 heteroatoms. The van der Waals surface area contributed by atoms with Crippen molar-refractivity contribution in [3.8, 4) is 6.07 Å². The summed E-state index contributed by atoms with van der Waals surface area (Å²) in [4.78, 5) is 47.3. The Morgan fingerprint density at radius 2 is 1.90 bits per heavy atom. The quantitative estimate of drug-likeness (QED) is 0.425. The van der Waals surface area contributed by atoms with Gasteiger partial charge in [-0.2, -0.15) is 5.26 Å². The maximum absolute atomic E-state index is 14.5. The minimum absolute atomic E-state index is 0.0635. The normalized spacial score (nSPS) is 20.4. The number of carbonyl (C=O) groups is 3. The van der Waals surface area contributed by atoms with Gasteiger partial charge in [0.1, 0.15) is 29.8 Å². The first-order chi connectivity index (χ1) is 20.0. The van der Waals surface area contributed by atoms with E-state index >= 15 is 0 Å². The Balaban J connectivity index is 1.63. The lowest BCUT2D eigenvalue weighted by atomic mass is 9.87. The van der Waals surface area contributed by atoms with Gasteiger partial charge >= 0.3 is 0 Å². The highest BCUT2D eigenvalue weighted by atomic mass is 35.5. The number of rotatable bonds is 7. The first-order valence-corrected chi connectivity index (χ1v) is 13.3. The van der Waals surface area contributed by atoms with Crippen molar-refractivity contribution in [2.24, 2.45) is 0 Å². The Morgan fingerprint density at radius 1 is 1.17 bits per heavy atom. The molecule has 1 aliphatic carbocycles. The Morgan fingerprint density at radius 3 is 2.57 bits per heavy atom. The Bertz CT molecular complexity index is 1590. The van der Waals surface area contributed by atoms with E-state index in [1.807, 2.05) is 6.07 Å². The topological polar surface area (TPSA) is 127 Å². The number of halogens is 4. The fourth-order valence-electron chi connectivity index (χ4n) is 5.16. The molecule has 0 spiro atoms. The zero-order valence-corrected chi connectivity index (χ0v) is 22.5. The van der Waals surface area contributed by atoms with Gasteiger partial charge < -0.3 is 10.4 Å². The number of carbonyl (C=O) groups excluding carboxylic acids is 3. The molecule has 3 aromatic rings. The van der Waals surface area contributed by atoms with Crippen LogP contribution in [0.5, 0.6) is 0 Å². The number of nitriles is 1. The van der Waals surface area contributed by atoms with Crippen LogP contribution in [0.3, 0.4) is 0 Å². The van der Waals surface area contributed by atoms with Gasteiger partial charge in [0.2, 0.25) is 5.91 Å². The number of benzene rings is 2. The zero-order valence-electron chi connectivity index (χ0n) is 21.8. The predicted molar refractivity (Wildman–Crippen MR) is 145 cm³/mol. The van der Waals surface area contributed by atoms with Gasteiger partial charge in [-0.05, 0) is 36.4 Å². The van der Waals surface area contributed by atoms with Crippen molar-refractivity contribution in [1.29, 1.82) is 5.26 Å².